The van der Waals surface area contributed by atoms with Crippen LogP contribution in [0.5, 0.6) is 0 Å². The lowest BCUT2D eigenvalue weighted by atomic mass is 9.47. The number of benzene rings is 1. The molecule has 1 aliphatic heterocycles. The van der Waals surface area contributed by atoms with E-state index in [0.717, 1.165) is 48.1 Å². The Bertz CT molecular complexity index is 1240. The van der Waals surface area contributed by atoms with Crippen molar-refractivity contribution in [3.05, 3.63) is 41.7 Å². The lowest BCUT2D eigenvalue weighted by Gasteiger charge is -2.60. The molecule has 2 aromatic rings. The number of likely N-dealkylation sites (N-methyl/N-ethyl adjacent to an activating group) is 1. The molecule has 4 aliphatic rings. The molecule has 3 saturated carbocycles. The highest BCUT2D eigenvalue weighted by atomic mass is 16.5. The third-order valence-corrected chi connectivity index (χ3v) is 10.8. The second-order valence-electron chi connectivity index (χ2n) is 12.2. The fourth-order valence-corrected chi connectivity index (χ4v) is 9.01. The average molecular weight is 491 g/mol. The molecule has 6 rings (SSSR count). The van der Waals surface area contributed by atoms with Gasteiger partial charge in [-0.05, 0) is 98.8 Å². The molecule has 1 unspecified atom stereocenters. The molecule has 3 aliphatic carbocycles. The molecule has 0 spiro atoms. The van der Waals surface area contributed by atoms with E-state index in [1.165, 1.54) is 32.1 Å². The van der Waals surface area contributed by atoms with Gasteiger partial charge in [0.15, 0.2) is 0 Å². The zero-order valence-electron chi connectivity index (χ0n) is 21.6. The maximum atomic E-state index is 12.6. The zero-order chi connectivity index (χ0) is 25.2. The lowest BCUT2D eigenvalue weighted by Crippen LogP contribution is -2.60. The van der Waals surface area contributed by atoms with Crippen molar-refractivity contribution in [2.45, 2.75) is 71.8 Å². The number of hydrogen-bond donors (Lipinski definition) is 3. The van der Waals surface area contributed by atoms with E-state index in [2.05, 4.69) is 36.7 Å². The summed E-state index contributed by atoms with van der Waals surface area (Å²) in [6, 6.07) is 5.64. The van der Waals surface area contributed by atoms with Crippen molar-refractivity contribution in [1.82, 2.24) is 20.3 Å². The molecule has 1 aromatic carbocycles. The number of H-pyrrole nitrogens is 1. The molecule has 192 valence electrons. The molecular weight excluding hydrogens is 452 g/mol. The molecule has 3 fully saturated rings. The van der Waals surface area contributed by atoms with E-state index in [-0.39, 0.29) is 11.3 Å². The minimum absolute atomic E-state index is 0.0869. The lowest BCUT2D eigenvalue weighted by molar-refractivity contribution is -0.141. The molecule has 3 N–H and O–H groups in total. The number of carbonyl (C=O) groups is 2. The Labute approximate surface area is 212 Å². The minimum atomic E-state index is -0.521. The third kappa shape index (κ3) is 3.38. The molecule has 0 saturated heterocycles. The van der Waals surface area contributed by atoms with E-state index < -0.39 is 5.91 Å². The van der Waals surface area contributed by atoms with Crippen LogP contribution in [0.25, 0.3) is 11.0 Å². The Balaban J connectivity index is 1.23. The zero-order valence-corrected chi connectivity index (χ0v) is 21.6. The maximum absolute atomic E-state index is 12.6. The van der Waals surface area contributed by atoms with E-state index in [1.54, 1.807) is 17.6 Å². The Morgan fingerprint density at radius 3 is 2.81 bits per heavy atom. The normalized spacial score (nSPS) is 37.5. The van der Waals surface area contributed by atoms with E-state index >= 15 is 0 Å². The molecule has 2 amide bonds. The van der Waals surface area contributed by atoms with Gasteiger partial charge in [0.1, 0.15) is 5.82 Å². The van der Waals surface area contributed by atoms with Gasteiger partial charge in [-0.25, -0.2) is 10.5 Å². The number of carbonyl (C=O) groups excluding carboxylic acids is 2. The summed E-state index contributed by atoms with van der Waals surface area (Å²) in [6.07, 6.45) is 12.4. The fourth-order valence-electron chi connectivity index (χ4n) is 9.01. The highest BCUT2D eigenvalue weighted by Gasteiger charge is 2.60. The van der Waals surface area contributed by atoms with Crippen LogP contribution in [0.4, 0.5) is 0 Å². The van der Waals surface area contributed by atoms with Crippen molar-refractivity contribution in [1.29, 1.82) is 0 Å². The second-order valence-corrected chi connectivity index (χ2v) is 12.2. The van der Waals surface area contributed by atoms with E-state index in [1.807, 2.05) is 12.1 Å². The number of imidazole rings is 1. The van der Waals surface area contributed by atoms with E-state index in [0.29, 0.717) is 28.9 Å². The SMILES string of the molecule is CCN1C(=O)C=C[C@@]2(C)C1CC[C@H]1[C@@H]3CC[C@H](Cc4nc5cc(C(=O)NO)ccc5[nH]4)[C@@]3(C)CC[C@@H]12. The number of fused-ring (bicyclic) bond motifs is 6. The summed E-state index contributed by atoms with van der Waals surface area (Å²) >= 11 is 0. The van der Waals surface area contributed by atoms with Gasteiger partial charge >= 0.3 is 0 Å². The number of nitrogens with zero attached hydrogens (tertiary/aromatic N) is 2. The molecule has 0 bridgehead atoms. The van der Waals surface area contributed by atoms with Gasteiger partial charge < -0.3 is 9.88 Å². The van der Waals surface area contributed by atoms with E-state index in [4.69, 9.17) is 10.2 Å². The highest BCUT2D eigenvalue weighted by molar-refractivity contribution is 5.96. The number of hydroxylamine groups is 1. The summed E-state index contributed by atoms with van der Waals surface area (Å²) in [5.41, 5.74) is 4.18. The van der Waals surface area contributed by atoms with Gasteiger partial charge in [-0.15, -0.1) is 0 Å². The van der Waals surface area contributed by atoms with Crippen LogP contribution in [0, 0.1) is 34.5 Å². The summed E-state index contributed by atoms with van der Waals surface area (Å²) in [4.78, 5) is 34.8. The predicted molar refractivity (Wildman–Crippen MR) is 137 cm³/mol. The standard InChI is InChI=1S/C29H38N4O3/c1-4-33-24-10-7-19-20-8-6-18(28(20,2)13-11-21(19)29(24,3)14-12-26(33)34)16-25-30-22-9-5-17(27(35)32-36)15-23(22)31-25/h5,9,12,14-15,18-21,24,36H,4,6-8,10-11,13,16H2,1-3H3,(H,30,31)(H,32,35)/t18-,19+,20+,21+,24?,28-,29-/m1/s1. The summed E-state index contributed by atoms with van der Waals surface area (Å²) in [5.74, 6) is 3.34. The number of rotatable bonds is 4. The molecular formula is C29H38N4O3. The topological polar surface area (TPSA) is 98.3 Å². The van der Waals surface area contributed by atoms with Gasteiger partial charge in [-0.1, -0.05) is 19.9 Å². The van der Waals surface area contributed by atoms with Crippen LogP contribution in [-0.4, -0.2) is 44.5 Å². The van der Waals surface area contributed by atoms with Gasteiger partial charge in [0, 0.05) is 30.0 Å². The maximum Gasteiger partial charge on any atom is 0.274 e. The number of hydrogen-bond acceptors (Lipinski definition) is 4. The van der Waals surface area contributed by atoms with Crippen molar-refractivity contribution in [3.8, 4) is 0 Å². The van der Waals surface area contributed by atoms with Crippen LogP contribution in [0.2, 0.25) is 0 Å². The van der Waals surface area contributed by atoms with Crippen molar-refractivity contribution in [3.63, 3.8) is 0 Å². The predicted octanol–water partition coefficient (Wildman–Crippen LogP) is 4.87. The summed E-state index contributed by atoms with van der Waals surface area (Å²) in [6.45, 7) is 7.87. The average Bonchev–Trinajstić information content (AvgIpc) is 3.43. The van der Waals surface area contributed by atoms with Gasteiger partial charge in [-0.2, -0.15) is 0 Å². The molecule has 0 radical (unpaired) electrons. The van der Waals surface area contributed by atoms with E-state index in [9.17, 15) is 9.59 Å². The molecule has 1 aromatic heterocycles. The van der Waals surface area contributed by atoms with Crippen LogP contribution in [0.15, 0.2) is 30.4 Å². The quantitative estimate of drug-likeness (QED) is 0.421. The minimum Gasteiger partial charge on any atom is -0.342 e. The number of amides is 2. The first-order chi connectivity index (χ1) is 17.3. The highest BCUT2D eigenvalue weighted by Crippen LogP contribution is 2.65. The van der Waals surface area contributed by atoms with Crippen molar-refractivity contribution >= 4 is 22.8 Å². The van der Waals surface area contributed by atoms with Crippen LogP contribution in [0.3, 0.4) is 0 Å². The molecule has 36 heavy (non-hydrogen) atoms. The first-order valence-electron chi connectivity index (χ1n) is 13.7. The van der Waals surface area contributed by atoms with Gasteiger partial charge in [0.05, 0.1) is 11.0 Å². The monoisotopic (exact) mass is 490 g/mol. The first-order valence-corrected chi connectivity index (χ1v) is 13.7. The Morgan fingerprint density at radius 1 is 1.19 bits per heavy atom. The third-order valence-electron chi connectivity index (χ3n) is 10.8. The van der Waals surface area contributed by atoms with Gasteiger partial charge in [0.25, 0.3) is 5.91 Å². The first kappa shape index (κ1) is 23.7. The smallest absolute Gasteiger partial charge is 0.274 e. The van der Waals surface area contributed by atoms with Crippen LogP contribution in [0.1, 0.15) is 75.5 Å². The van der Waals surface area contributed by atoms with Crippen LogP contribution in [-0.2, 0) is 11.2 Å². The molecule has 7 heteroatoms. The largest absolute Gasteiger partial charge is 0.342 e. The van der Waals surface area contributed by atoms with Gasteiger partial charge in [-0.3, -0.25) is 14.8 Å². The van der Waals surface area contributed by atoms with Crippen LogP contribution >= 0.6 is 0 Å². The summed E-state index contributed by atoms with van der Waals surface area (Å²) in [7, 11) is 0. The van der Waals surface area contributed by atoms with Gasteiger partial charge in [0.2, 0.25) is 5.91 Å². The van der Waals surface area contributed by atoms with Crippen molar-refractivity contribution in [2.75, 3.05) is 6.54 Å². The summed E-state index contributed by atoms with van der Waals surface area (Å²) in [5, 5.41) is 8.94. The second kappa shape index (κ2) is 8.44. The Kier molecular flexibility index (Phi) is 5.56. The van der Waals surface area contributed by atoms with Crippen molar-refractivity contribution < 1.29 is 14.8 Å². The number of aromatic amines is 1. The van der Waals surface area contributed by atoms with Crippen molar-refractivity contribution in [2.24, 2.45) is 34.5 Å². The fraction of sp³-hybridized carbons (Fsp3) is 0.621. The summed E-state index contributed by atoms with van der Waals surface area (Å²) < 4.78 is 0. The Morgan fingerprint density at radius 2 is 2.03 bits per heavy atom. The van der Waals surface area contributed by atoms with Crippen LogP contribution < -0.4 is 5.48 Å². The molecule has 2 heterocycles. The Hall–Kier alpha value is -2.67. The molecule has 7 nitrogen and oxygen atoms in total. The molecule has 7 atom stereocenters. The number of aromatic nitrogens is 2. The number of nitrogens with one attached hydrogen (secondary N) is 2.